The minimum absolute atomic E-state index is 0.0340. The molecule has 2 rings (SSSR count). The van der Waals surface area contributed by atoms with E-state index in [4.69, 9.17) is 0 Å². The van der Waals surface area contributed by atoms with Gasteiger partial charge in [0.2, 0.25) is 0 Å². The fraction of sp³-hybridized carbons (Fsp3) is 0.231. The van der Waals surface area contributed by atoms with Crippen LogP contribution in [0.1, 0.15) is 16.5 Å². The van der Waals surface area contributed by atoms with Gasteiger partial charge in [-0.2, -0.15) is 0 Å². The maximum atomic E-state index is 11.6. The molecule has 0 spiro atoms. The molecule has 0 radical (unpaired) electrons. The molecule has 0 amide bonds. The highest BCUT2D eigenvalue weighted by Gasteiger charge is 2.15. The first-order chi connectivity index (χ1) is 8.52. The van der Waals surface area contributed by atoms with Crippen LogP contribution in [0.2, 0.25) is 0 Å². The Morgan fingerprint density at radius 1 is 1.22 bits per heavy atom. The number of hydrogen-bond acceptors (Lipinski definition) is 4. The second-order valence-corrected chi connectivity index (χ2v) is 7.08. The average molecular weight is 281 g/mol. The highest BCUT2D eigenvalue weighted by Crippen LogP contribution is 2.27. The van der Waals surface area contributed by atoms with Crippen LogP contribution >= 0.6 is 11.3 Å². The van der Waals surface area contributed by atoms with E-state index >= 15 is 0 Å². The minimum atomic E-state index is -3.16. The molecule has 2 aromatic rings. The summed E-state index contributed by atoms with van der Waals surface area (Å²) in [6, 6.07) is 11.1. The maximum absolute atomic E-state index is 11.6. The molecule has 1 heterocycles. The predicted molar refractivity (Wildman–Crippen MR) is 74.8 cm³/mol. The summed E-state index contributed by atoms with van der Waals surface area (Å²) in [5, 5.41) is 5.23. The average Bonchev–Trinajstić information content (AvgIpc) is 2.83. The first-order valence-corrected chi connectivity index (χ1v) is 8.30. The third-order valence-corrected chi connectivity index (χ3v) is 4.78. The van der Waals surface area contributed by atoms with Crippen molar-refractivity contribution in [1.82, 2.24) is 5.32 Å². The van der Waals surface area contributed by atoms with E-state index in [0.29, 0.717) is 4.90 Å². The number of hydrogen-bond donors (Lipinski definition) is 1. The van der Waals surface area contributed by atoms with Gasteiger partial charge in [-0.15, -0.1) is 11.3 Å². The summed E-state index contributed by atoms with van der Waals surface area (Å²) in [7, 11) is -1.29. The first-order valence-electron chi connectivity index (χ1n) is 5.53. The second-order valence-electron chi connectivity index (χ2n) is 4.08. The van der Waals surface area contributed by atoms with Crippen molar-refractivity contribution in [3.8, 4) is 0 Å². The smallest absolute Gasteiger partial charge is 0.175 e. The van der Waals surface area contributed by atoms with Gasteiger partial charge in [0.1, 0.15) is 0 Å². The van der Waals surface area contributed by atoms with Crippen molar-refractivity contribution in [2.45, 2.75) is 10.9 Å². The zero-order valence-electron chi connectivity index (χ0n) is 10.3. The lowest BCUT2D eigenvalue weighted by molar-refractivity contribution is 0.601. The topological polar surface area (TPSA) is 46.2 Å². The summed E-state index contributed by atoms with van der Waals surface area (Å²) in [6.07, 6.45) is 1.23. The Kier molecular flexibility index (Phi) is 3.85. The fourth-order valence-corrected chi connectivity index (χ4v) is 3.39. The molecule has 5 heteroatoms. The van der Waals surface area contributed by atoms with Gasteiger partial charge in [-0.1, -0.05) is 18.2 Å². The fourth-order valence-electron chi connectivity index (χ4n) is 1.85. The largest absolute Gasteiger partial charge is 0.309 e. The molecule has 1 aromatic heterocycles. The second kappa shape index (κ2) is 5.22. The molecule has 0 aliphatic carbocycles. The molecule has 0 saturated heterocycles. The van der Waals surface area contributed by atoms with Crippen LogP contribution in [0.15, 0.2) is 46.7 Å². The van der Waals surface area contributed by atoms with Crippen LogP contribution < -0.4 is 5.32 Å². The van der Waals surface area contributed by atoms with Gasteiger partial charge < -0.3 is 5.32 Å². The van der Waals surface area contributed by atoms with Gasteiger partial charge in [-0.25, -0.2) is 8.42 Å². The van der Waals surface area contributed by atoms with E-state index in [1.165, 1.54) is 11.1 Å². The van der Waals surface area contributed by atoms with Crippen molar-refractivity contribution >= 4 is 21.2 Å². The van der Waals surface area contributed by atoms with E-state index in [2.05, 4.69) is 5.32 Å². The zero-order chi connectivity index (χ0) is 13.2. The molecule has 0 saturated carbocycles. The van der Waals surface area contributed by atoms with Gasteiger partial charge >= 0.3 is 0 Å². The molecule has 0 aliphatic heterocycles. The third kappa shape index (κ3) is 2.80. The molecule has 1 aromatic carbocycles. The summed E-state index contributed by atoms with van der Waals surface area (Å²) in [6.45, 7) is 0. The van der Waals surface area contributed by atoms with Crippen molar-refractivity contribution in [1.29, 1.82) is 0 Å². The van der Waals surface area contributed by atoms with Crippen LogP contribution in [0.4, 0.5) is 0 Å². The molecule has 1 atom stereocenters. The molecular weight excluding hydrogens is 266 g/mol. The molecule has 1 N–H and O–H groups in total. The monoisotopic (exact) mass is 281 g/mol. The lowest BCUT2D eigenvalue weighted by Crippen LogP contribution is -2.16. The Morgan fingerprint density at radius 3 is 2.56 bits per heavy atom. The van der Waals surface area contributed by atoms with Crippen LogP contribution in [0, 0.1) is 0 Å². The van der Waals surface area contributed by atoms with E-state index < -0.39 is 9.84 Å². The van der Waals surface area contributed by atoms with Gasteiger partial charge in [-0.05, 0) is 36.2 Å². The standard InChI is InChI=1S/C13H15NO2S2/c1-14-13(12-7-4-8-17-12)10-5-3-6-11(9-10)18(2,15)16/h3-9,13-14H,1-2H3. The van der Waals surface area contributed by atoms with Crippen LogP contribution in [0.25, 0.3) is 0 Å². The summed E-state index contributed by atoms with van der Waals surface area (Å²) in [4.78, 5) is 1.53. The van der Waals surface area contributed by atoms with Gasteiger partial charge in [-0.3, -0.25) is 0 Å². The van der Waals surface area contributed by atoms with E-state index in [1.54, 1.807) is 29.5 Å². The lowest BCUT2D eigenvalue weighted by atomic mass is 10.1. The van der Waals surface area contributed by atoms with E-state index in [9.17, 15) is 8.42 Å². The molecule has 96 valence electrons. The van der Waals surface area contributed by atoms with Gasteiger partial charge in [0, 0.05) is 11.1 Å². The number of rotatable bonds is 4. The van der Waals surface area contributed by atoms with Crippen molar-refractivity contribution in [2.75, 3.05) is 13.3 Å². The normalized spacial score (nSPS) is 13.4. The minimum Gasteiger partial charge on any atom is -0.309 e. The van der Waals surface area contributed by atoms with E-state index in [0.717, 1.165) is 5.56 Å². The van der Waals surface area contributed by atoms with Crippen molar-refractivity contribution in [3.63, 3.8) is 0 Å². The molecule has 18 heavy (non-hydrogen) atoms. The summed E-state index contributed by atoms with van der Waals surface area (Å²) in [5.41, 5.74) is 0.961. The van der Waals surface area contributed by atoms with Crippen molar-refractivity contribution in [3.05, 3.63) is 52.2 Å². The number of benzene rings is 1. The number of thiophene rings is 1. The molecule has 3 nitrogen and oxygen atoms in total. The molecule has 0 bridgehead atoms. The molecule has 1 unspecified atom stereocenters. The highest BCUT2D eigenvalue weighted by atomic mass is 32.2. The lowest BCUT2D eigenvalue weighted by Gasteiger charge is -2.15. The molecule has 0 aliphatic rings. The van der Waals surface area contributed by atoms with E-state index in [1.807, 2.05) is 30.6 Å². The molecule has 0 fully saturated rings. The summed E-state index contributed by atoms with van der Waals surface area (Å²) >= 11 is 1.65. The van der Waals surface area contributed by atoms with Gasteiger partial charge in [0.15, 0.2) is 9.84 Å². The maximum Gasteiger partial charge on any atom is 0.175 e. The Balaban J connectivity index is 2.44. The predicted octanol–water partition coefficient (Wildman–Crippen LogP) is 2.46. The van der Waals surface area contributed by atoms with Crippen molar-refractivity contribution in [2.24, 2.45) is 0 Å². The Hall–Kier alpha value is -1.17. The van der Waals surface area contributed by atoms with Crippen LogP contribution in [0.5, 0.6) is 0 Å². The number of nitrogens with one attached hydrogen (secondary N) is 1. The van der Waals surface area contributed by atoms with Crippen molar-refractivity contribution < 1.29 is 8.42 Å². The quantitative estimate of drug-likeness (QED) is 0.936. The molecular formula is C13H15NO2S2. The van der Waals surface area contributed by atoms with Crippen LogP contribution in [-0.4, -0.2) is 21.7 Å². The first kappa shape index (κ1) is 13.3. The van der Waals surface area contributed by atoms with Crippen LogP contribution in [-0.2, 0) is 9.84 Å². The zero-order valence-corrected chi connectivity index (χ0v) is 11.9. The Labute approximate surface area is 111 Å². The SMILES string of the molecule is CNC(c1cccc(S(C)(=O)=O)c1)c1cccs1. The van der Waals surface area contributed by atoms with Crippen LogP contribution in [0.3, 0.4) is 0 Å². The van der Waals surface area contributed by atoms with Gasteiger partial charge in [0.05, 0.1) is 10.9 Å². The van der Waals surface area contributed by atoms with E-state index in [-0.39, 0.29) is 6.04 Å². The highest BCUT2D eigenvalue weighted by molar-refractivity contribution is 7.90. The number of sulfone groups is 1. The Morgan fingerprint density at radius 2 is 2.00 bits per heavy atom. The summed E-state index contributed by atoms with van der Waals surface area (Å²) < 4.78 is 23.1. The Bertz CT molecular complexity index is 618. The third-order valence-electron chi connectivity index (χ3n) is 2.74. The van der Waals surface area contributed by atoms with Gasteiger partial charge in [0.25, 0.3) is 0 Å². The summed E-state index contributed by atoms with van der Waals surface area (Å²) in [5.74, 6) is 0.